The molecule has 7 heteroatoms. The van der Waals surface area contributed by atoms with E-state index in [2.05, 4.69) is 5.10 Å². The molecule has 3 rings (SSSR count). The minimum atomic E-state index is -1.22. The van der Waals surface area contributed by atoms with E-state index in [0.29, 0.717) is 22.5 Å². The molecule has 2 N–H and O–H groups in total. The highest BCUT2D eigenvalue weighted by atomic mass is 16.5. The molecular weight excluding hydrogens is 370 g/mol. The maximum absolute atomic E-state index is 13.3. The van der Waals surface area contributed by atoms with Gasteiger partial charge < -0.3 is 9.84 Å². The number of carbonyl (C=O) groups is 1. The number of carbonyl (C=O) groups excluding carboxylic acids is 1. The summed E-state index contributed by atoms with van der Waals surface area (Å²) < 4.78 is 6.47. The summed E-state index contributed by atoms with van der Waals surface area (Å²) >= 11 is 0. The van der Waals surface area contributed by atoms with Crippen molar-refractivity contribution in [2.75, 3.05) is 6.61 Å². The first-order valence-corrected chi connectivity index (χ1v) is 9.20. The lowest BCUT2D eigenvalue weighted by Gasteiger charge is -2.20. The van der Waals surface area contributed by atoms with Gasteiger partial charge in [0.15, 0.2) is 5.92 Å². The van der Waals surface area contributed by atoms with E-state index in [9.17, 15) is 20.0 Å². The first-order valence-electron chi connectivity index (χ1n) is 9.20. The van der Waals surface area contributed by atoms with Crippen molar-refractivity contribution < 1.29 is 14.6 Å². The van der Waals surface area contributed by atoms with Crippen LogP contribution in [0.1, 0.15) is 29.7 Å². The highest BCUT2D eigenvalue weighted by Crippen LogP contribution is 2.33. The van der Waals surface area contributed by atoms with Crippen LogP contribution in [0.15, 0.2) is 59.4 Å². The molecule has 3 aromatic rings. The third-order valence-electron chi connectivity index (χ3n) is 4.71. The third kappa shape index (κ3) is 3.92. The van der Waals surface area contributed by atoms with E-state index < -0.39 is 17.8 Å². The van der Waals surface area contributed by atoms with Gasteiger partial charge in [0.2, 0.25) is 0 Å². The number of aromatic nitrogens is 2. The Hall–Kier alpha value is -3.79. The number of benzene rings is 2. The average molecular weight is 391 g/mol. The molecule has 0 saturated heterocycles. The number of phenolic OH excluding ortho intramolecular Hbond substituents is 1. The summed E-state index contributed by atoms with van der Waals surface area (Å²) in [5, 5.41) is 22.4. The standard InChI is InChI=1S/C22H21N3O4/c1-3-29-22(28)18(13-23)20(15-9-11-17(26)12-10-15)19-14(2)24-25(21(19)27)16-7-5-4-6-8-16/h4-12,18,20,24,26H,3H2,1-2H3. The molecule has 2 unspecified atom stereocenters. The number of rotatable bonds is 6. The fourth-order valence-corrected chi connectivity index (χ4v) is 3.39. The highest BCUT2D eigenvalue weighted by molar-refractivity contribution is 5.77. The van der Waals surface area contributed by atoms with Gasteiger partial charge in [0.1, 0.15) is 5.75 Å². The van der Waals surface area contributed by atoms with Gasteiger partial charge in [-0.2, -0.15) is 5.26 Å². The quantitative estimate of drug-likeness (QED) is 0.628. The van der Waals surface area contributed by atoms with Gasteiger partial charge in [-0.3, -0.25) is 14.7 Å². The van der Waals surface area contributed by atoms with Crippen LogP contribution in [0.4, 0.5) is 0 Å². The Morgan fingerprint density at radius 1 is 1.21 bits per heavy atom. The van der Waals surface area contributed by atoms with E-state index in [-0.39, 0.29) is 17.9 Å². The van der Waals surface area contributed by atoms with Crippen molar-refractivity contribution in [3.63, 3.8) is 0 Å². The van der Waals surface area contributed by atoms with Crippen LogP contribution in [-0.2, 0) is 9.53 Å². The lowest BCUT2D eigenvalue weighted by molar-refractivity contribution is -0.146. The number of phenols is 1. The van der Waals surface area contributed by atoms with Crippen LogP contribution in [0, 0.1) is 24.2 Å². The lowest BCUT2D eigenvalue weighted by Crippen LogP contribution is -2.29. The first-order chi connectivity index (χ1) is 14.0. The van der Waals surface area contributed by atoms with E-state index in [1.807, 2.05) is 24.3 Å². The molecular formula is C22H21N3O4. The van der Waals surface area contributed by atoms with Crippen LogP contribution in [-0.4, -0.2) is 27.5 Å². The predicted octanol–water partition coefficient (Wildman–Crippen LogP) is 3.01. The number of esters is 1. The van der Waals surface area contributed by atoms with Gasteiger partial charge in [-0.05, 0) is 43.7 Å². The van der Waals surface area contributed by atoms with E-state index in [1.54, 1.807) is 38.1 Å². The number of nitrogens with zero attached hydrogens (tertiary/aromatic N) is 2. The number of ether oxygens (including phenoxy) is 1. The summed E-state index contributed by atoms with van der Waals surface area (Å²) in [7, 11) is 0. The third-order valence-corrected chi connectivity index (χ3v) is 4.71. The van der Waals surface area contributed by atoms with Crippen molar-refractivity contribution in [2.24, 2.45) is 5.92 Å². The molecule has 1 aromatic heterocycles. The number of H-pyrrole nitrogens is 1. The zero-order valence-corrected chi connectivity index (χ0v) is 16.1. The number of nitriles is 1. The van der Waals surface area contributed by atoms with Crippen LogP contribution >= 0.6 is 0 Å². The number of aromatic hydroxyl groups is 1. The van der Waals surface area contributed by atoms with Crippen molar-refractivity contribution in [2.45, 2.75) is 19.8 Å². The second-order valence-electron chi connectivity index (χ2n) is 6.55. The van der Waals surface area contributed by atoms with Crippen LogP contribution < -0.4 is 5.56 Å². The summed E-state index contributed by atoms with van der Waals surface area (Å²) in [6.45, 7) is 3.51. The molecule has 0 aliphatic carbocycles. The van der Waals surface area contributed by atoms with Crippen LogP contribution in [0.25, 0.3) is 5.69 Å². The molecule has 0 aliphatic heterocycles. The molecule has 0 aliphatic rings. The molecule has 29 heavy (non-hydrogen) atoms. The van der Waals surface area contributed by atoms with Gasteiger partial charge in [0, 0.05) is 17.2 Å². The maximum atomic E-state index is 13.3. The van der Waals surface area contributed by atoms with Crippen molar-refractivity contribution in [3.8, 4) is 17.5 Å². The van der Waals surface area contributed by atoms with Gasteiger partial charge in [-0.25, -0.2) is 4.68 Å². The first kappa shape index (κ1) is 20.0. The van der Waals surface area contributed by atoms with Crippen molar-refractivity contribution in [1.82, 2.24) is 9.78 Å². The molecule has 148 valence electrons. The highest BCUT2D eigenvalue weighted by Gasteiger charge is 2.36. The summed E-state index contributed by atoms with van der Waals surface area (Å²) in [5.41, 5.74) is 1.69. The SMILES string of the molecule is CCOC(=O)C(C#N)C(c1ccc(O)cc1)c1c(C)[nH]n(-c2ccccc2)c1=O. The topological polar surface area (TPSA) is 108 Å². The molecule has 0 bridgehead atoms. The molecule has 0 saturated carbocycles. The van der Waals surface area contributed by atoms with E-state index in [4.69, 9.17) is 4.74 Å². The van der Waals surface area contributed by atoms with Gasteiger partial charge >= 0.3 is 5.97 Å². The largest absolute Gasteiger partial charge is 0.508 e. The fraction of sp³-hybridized carbons (Fsp3) is 0.227. The summed E-state index contributed by atoms with van der Waals surface area (Å²) in [6, 6.07) is 17.1. The average Bonchev–Trinajstić information content (AvgIpc) is 3.02. The van der Waals surface area contributed by atoms with Crippen molar-refractivity contribution >= 4 is 5.97 Å². The minimum absolute atomic E-state index is 0.0460. The molecule has 0 radical (unpaired) electrons. The van der Waals surface area contributed by atoms with Crippen molar-refractivity contribution in [3.05, 3.63) is 81.8 Å². The van der Waals surface area contributed by atoms with Gasteiger partial charge in [-0.1, -0.05) is 30.3 Å². The molecule has 2 aromatic carbocycles. The Balaban J connectivity index is 2.21. The zero-order valence-electron chi connectivity index (χ0n) is 16.1. The summed E-state index contributed by atoms with van der Waals surface area (Å²) in [6.07, 6.45) is 0. The number of hydrogen-bond donors (Lipinski definition) is 2. The molecule has 0 spiro atoms. The number of nitrogens with one attached hydrogen (secondary N) is 1. The van der Waals surface area contributed by atoms with Crippen LogP contribution in [0.5, 0.6) is 5.75 Å². The summed E-state index contributed by atoms with van der Waals surface area (Å²) in [5.74, 6) is -2.72. The van der Waals surface area contributed by atoms with E-state index in [1.165, 1.54) is 16.8 Å². The Morgan fingerprint density at radius 2 is 1.86 bits per heavy atom. The summed E-state index contributed by atoms with van der Waals surface area (Å²) in [4.78, 5) is 25.8. The van der Waals surface area contributed by atoms with Gasteiger partial charge in [0.25, 0.3) is 5.56 Å². The molecule has 1 heterocycles. The second-order valence-corrected chi connectivity index (χ2v) is 6.55. The van der Waals surface area contributed by atoms with Gasteiger partial charge in [0.05, 0.1) is 18.4 Å². The van der Waals surface area contributed by atoms with Crippen LogP contribution in [0.2, 0.25) is 0 Å². The van der Waals surface area contributed by atoms with E-state index in [0.717, 1.165) is 0 Å². The monoisotopic (exact) mass is 391 g/mol. The Bertz CT molecular complexity index is 1090. The molecule has 7 nitrogen and oxygen atoms in total. The smallest absolute Gasteiger partial charge is 0.324 e. The maximum Gasteiger partial charge on any atom is 0.324 e. The Kier molecular flexibility index (Phi) is 5.84. The fourth-order valence-electron chi connectivity index (χ4n) is 3.39. The molecule has 0 fully saturated rings. The van der Waals surface area contributed by atoms with Crippen LogP contribution in [0.3, 0.4) is 0 Å². The lowest BCUT2D eigenvalue weighted by atomic mass is 9.81. The zero-order chi connectivity index (χ0) is 21.0. The number of hydrogen-bond acceptors (Lipinski definition) is 5. The van der Waals surface area contributed by atoms with Gasteiger partial charge in [-0.15, -0.1) is 0 Å². The number of aromatic amines is 1. The normalized spacial score (nSPS) is 12.7. The second kappa shape index (κ2) is 8.48. The van der Waals surface area contributed by atoms with E-state index >= 15 is 0 Å². The Labute approximate surface area is 167 Å². The van der Waals surface area contributed by atoms with Crippen molar-refractivity contribution in [1.29, 1.82) is 5.26 Å². The molecule has 2 atom stereocenters. The molecule has 0 amide bonds. The number of para-hydroxylation sites is 1. The minimum Gasteiger partial charge on any atom is -0.508 e. The number of aryl methyl sites for hydroxylation is 1. The predicted molar refractivity (Wildman–Crippen MR) is 107 cm³/mol. The Morgan fingerprint density at radius 3 is 2.45 bits per heavy atom.